The number of hydrogen-bond donors (Lipinski definition) is 0. The zero-order valence-electron chi connectivity index (χ0n) is 11.1. The van der Waals surface area contributed by atoms with E-state index in [9.17, 15) is 26.8 Å². The molecule has 4 nitrogen and oxygen atoms in total. The predicted molar refractivity (Wildman–Crippen MR) is 70.7 cm³/mol. The summed E-state index contributed by atoms with van der Waals surface area (Å²) < 4.78 is 64.6. The van der Waals surface area contributed by atoms with Crippen LogP contribution in [-0.4, -0.2) is 14.8 Å². The van der Waals surface area contributed by atoms with E-state index in [1.165, 1.54) is 12.1 Å². The van der Waals surface area contributed by atoms with Crippen LogP contribution < -0.4 is 5.56 Å². The van der Waals surface area contributed by atoms with E-state index in [1.54, 1.807) is 0 Å². The lowest BCUT2D eigenvalue weighted by atomic mass is 10.1. The molecule has 0 amide bonds. The van der Waals surface area contributed by atoms with Gasteiger partial charge >= 0.3 is 6.18 Å². The van der Waals surface area contributed by atoms with Gasteiger partial charge < -0.3 is 0 Å². The minimum atomic E-state index is -4.60. The number of fused-ring (bicyclic) bond motifs is 1. The van der Waals surface area contributed by atoms with E-state index >= 15 is 0 Å². The predicted octanol–water partition coefficient (Wildman–Crippen LogP) is 3.35. The molecule has 0 aliphatic rings. The Hall–Kier alpha value is -2.84. The maximum absolute atomic E-state index is 14.1. The molecule has 0 spiro atoms. The minimum Gasteiger partial charge on any atom is -0.266 e. The van der Waals surface area contributed by atoms with Gasteiger partial charge in [0.2, 0.25) is 0 Å². The van der Waals surface area contributed by atoms with E-state index in [0.717, 1.165) is 12.3 Å². The lowest BCUT2D eigenvalue weighted by Crippen LogP contribution is -2.13. The molecular formula is C14H6F5N3O. The Morgan fingerprint density at radius 3 is 2.35 bits per heavy atom. The maximum atomic E-state index is 14.1. The van der Waals surface area contributed by atoms with Crippen LogP contribution in [0.2, 0.25) is 0 Å². The number of pyridine rings is 1. The number of benzene rings is 1. The molecule has 0 aliphatic carbocycles. The lowest BCUT2D eigenvalue weighted by molar-refractivity contribution is -0.138. The van der Waals surface area contributed by atoms with Gasteiger partial charge in [-0.05, 0) is 23.6 Å². The number of hydrogen-bond acceptors (Lipinski definition) is 3. The number of aromatic nitrogens is 3. The SMILES string of the molecule is O=c1c2cc(F)c(-c3ncc(C(F)(F)F)cn3)cc2ccn1F. The summed E-state index contributed by atoms with van der Waals surface area (Å²) in [6.45, 7) is 0. The molecule has 0 saturated carbocycles. The van der Waals surface area contributed by atoms with Crippen molar-refractivity contribution in [2.75, 3.05) is 0 Å². The van der Waals surface area contributed by atoms with Crippen molar-refractivity contribution in [3.8, 4) is 11.4 Å². The van der Waals surface area contributed by atoms with E-state index in [1.807, 2.05) is 0 Å². The summed E-state index contributed by atoms with van der Waals surface area (Å²) in [6.07, 6.45) is -2.69. The normalized spacial score (nSPS) is 11.9. The van der Waals surface area contributed by atoms with Gasteiger partial charge in [0, 0.05) is 18.6 Å². The first-order valence-corrected chi connectivity index (χ1v) is 6.18. The van der Waals surface area contributed by atoms with E-state index in [4.69, 9.17) is 0 Å². The third-order valence-electron chi connectivity index (χ3n) is 3.17. The minimum absolute atomic E-state index is 0.192. The van der Waals surface area contributed by atoms with E-state index in [-0.39, 0.29) is 26.9 Å². The fraction of sp³-hybridized carbons (Fsp3) is 0.0714. The molecule has 23 heavy (non-hydrogen) atoms. The van der Waals surface area contributed by atoms with Crippen LogP contribution in [0.1, 0.15) is 5.56 Å². The van der Waals surface area contributed by atoms with Crippen molar-refractivity contribution in [1.29, 1.82) is 0 Å². The Labute approximate surface area is 124 Å². The van der Waals surface area contributed by atoms with Crippen LogP contribution in [0.5, 0.6) is 0 Å². The van der Waals surface area contributed by atoms with Crippen LogP contribution >= 0.6 is 0 Å². The first-order chi connectivity index (χ1) is 10.8. The first-order valence-electron chi connectivity index (χ1n) is 6.18. The molecule has 2 heterocycles. The molecular weight excluding hydrogens is 321 g/mol. The molecule has 0 unspecified atom stereocenters. The van der Waals surface area contributed by atoms with Crippen molar-refractivity contribution < 1.29 is 22.0 Å². The zero-order chi connectivity index (χ0) is 16.8. The van der Waals surface area contributed by atoms with Gasteiger partial charge in [-0.15, -0.1) is 4.79 Å². The summed E-state index contributed by atoms with van der Waals surface area (Å²) in [6, 6.07) is 3.20. The highest BCUT2D eigenvalue weighted by Crippen LogP contribution is 2.29. The van der Waals surface area contributed by atoms with Crippen molar-refractivity contribution in [2.45, 2.75) is 6.18 Å². The highest BCUT2D eigenvalue weighted by atomic mass is 19.4. The van der Waals surface area contributed by atoms with Crippen LogP contribution in [0.3, 0.4) is 0 Å². The molecule has 0 radical (unpaired) electrons. The maximum Gasteiger partial charge on any atom is 0.419 e. The van der Waals surface area contributed by atoms with Gasteiger partial charge in [0.25, 0.3) is 5.56 Å². The molecule has 0 aliphatic heterocycles. The monoisotopic (exact) mass is 327 g/mol. The number of halogens is 5. The largest absolute Gasteiger partial charge is 0.419 e. The second-order valence-corrected chi connectivity index (χ2v) is 4.64. The molecule has 1 aromatic carbocycles. The third-order valence-corrected chi connectivity index (χ3v) is 3.17. The zero-order valence-corrected chi connectivity index (χ0v) is 11.1. The molecule has 118 valence electrons. The van der Waals surface area contributed by atoms with E-state index < -0.39 is 23.1 Å². The summed E-state index contributed by atoms with van der Waals surface area (Å²) in [4.78, 5) is 18.3. The highest BCUT2D eigenvalue weighted by Gasteiger charge is 2.31. The van der Waals surface area contributed by atoms with Crippen LogP contribution in [0.15, 0.2) is 41.6 Å². The molecule has 0 fully saturated rings. The summed E-state index contributed by atoms with van der Waals surface area (Å²) in [5, 5.41) is 0.00644. The average Bonchev–Trinajstić information content (AvgIpc) is 2.50. The summed E-state index contributed by atoms with van der Waals surface area (Å²) in [7, 11) is 0. The van der Waals surface area contributed by atoms with Gasteiger partial charge in [0.15, 0.2) is 5.82 Å². The number of rotatable bonds is 1. The van der Waals surface area contributed by atoms with Crippen LogP contribution in [0.4, 0.5) is 22.0 Å². The Balaban J connectivity index is 2.15. The lowest BCUT2D eigenvalue weighted by Gasteiger charge is -2.07. The van der Waals surface area contributed by atoms with Crippen LogP contribution in [0, 0.1) is 5.82 Å². The molecule has 2 aromatic heterocycles. The van der Waals surface area contributed by atoms with Crippen LogP contribution in [-0.2, 0) is 6.18 Å². The highest BCUT2D eigenvalue weighted by molar-refractivity contribution is 5.85. The van der Waals surface area contributed by atoms with Crippen molar-refractivity contribution in [2.24, 2.45) is 0 Å². The standard InChI is InChI=1S/C14H6F5N3O/c15-11-4-9-7(1-2-22(19)13(9)23)3-10(11)12-20-5-8(6-21-12)14(16,17)18/h1-6H. The first kappa shape index (κ1) is 15.1. The van der Waals surface area contributed by atoms with Crippen molar-refractivity contribution in [1.82, 2.24) is 14.8 Å². The summed E-state index contributed by atoms with van der Waals surface area (Å²) in [5.74, 6) is -1.22. The molecule has 0 bridgehead atoms. The van der Waals surface area contributed by atoms with Gasteiger partial charge in [-0.2, -0.15) is 13.2 Å². The molecule has 0 saturated heterocycles. The molecule has 3 rings (SSSR count). The fourth-order valence-electron chi connectivity index (χ4n) is 2.03. The van der Waals surface area contributed by atoms with E-state index in [2.05, 4.69) is 9.97 Å². The summed E-state index contributed by atoms with van der Waals surface area (Å²) in [5.41, 5.74) is -2.30. The molecule has 9 heteroatoms. The molecule has 3 aromatic rings. The number of nitrogens with zero attached hydrogens (tertiary/aromatic N) is 3. The smallest absolute Gasteiger partial charge is 0.266 e. The second kappa shape index (κ2) is 5.11. The van der Waals surface area contributed by atoms with Gasteiger partial charge in [-0.3, -0.25) is 4.79 Å². The topological polar surface area (TPSA) is 47.8 Å². The van der Waals surface area contributed by atoms with Crippen molar-refractivity contribution in [3.63, 3.8) is 0 Å². The summed E-state index contributed by atoms with van der Waals surface area (Å²) >= 11 is 0. The van der Waals surface area contributed by atoms with Gasteiger partial charge in [-0.1, -0.05) is 4.48 Å². The molecule has 0 atom stereocenters. The Bertz CT molecular complexity index is 948. The Morgan fingerprint density at radius 2 is 1.74 bits per heavy atom. The van der Waals surface area contributed by atoms with Crippen molar-refractivity contribution >= 4 is 10.8 Å². The average molecular weight is 327 g/mol. The molecule has 0 N–H and O–H groups in total. The Kier molecular flexibility index (Phi) is 3.35. The fourth-order valence-corrected chi connectivity index (χ4v) is 2.03. The second-order valence-electron chi connectivity index (χ2n) is 4.64. The number of alkyl halides is 3. The van der Waals surface area contributed by atoms with Gasteiger partial charge in [-0.25, -0.2) is 14.4 Å². The third kappa shape index (κ3) is 2.65. The van der Waals surface area contributed by atoms with Gasteiger partial charge in [0.1, 0.15) is 5.82 Å². The van der Waals surface area contributed by atoms with E-state index in [0.29, 0.717) is 12.4 Å². The quantitative estimate of drug-likeness (QED) is 0.644. The Morgan fingerprint density at radius 1 is 1.09 bits per heavy atom. The van der Waals surface area contributed by atoms with Crippen LogP contribution in [0.25, 0.3) is 22.2 Å². The van der Waals surface area contributed by atoms with Crippen molar-refractivity contribution in [3.05, 3.63) is 58.5 Å². The van der Waals surface area contributed by atoms with Gasteiger partial charge in [0.05, 0.1) is 16.5 Å².